The molecular weight excluding hydrogens is 324 g/mol. The van der Waals surface area contributed by atoms with Crippen molar-refractivity contribution in [2.24, 2.45) is 26.4 Å². The molecule has 1 saturated carbocycles. The molecule has 1 fully saturated rings. The SMILES string of the molecule is CC(C)(C)N=NC1(N=NC(C)(C)CCCCCC#N)CCCCC1C#N. The van der Waals surface area contributed by atoms with Gasteiger partial charge < -0.3 is 0 Å². The molecule has 26 heavy (non-hydrogen) atoms. The molecule has 0 aromatic carbocycles. The van der Waals surface area contributed by atoms with Crippen LogP contribution in [0.3, 0.4) is 0 Å². The number of rotatable bonds is 8. The van der Waals surface area contributed by atoms with Gasteiger partial charge in [-0.2, -0.15) is 31.0 Å². The van der Waals surface area contributed by atoms with Gasteiger partial charge in [-0.3, -0.25) is 0 Å². The van der Waals surface area contributed by atoms with Gasteiger partial charge in [-0.25, -0.2) is 0 Å². The molecule has 0 saturated heterocycles. The van der Waals surface area contributed by atoms with E-state index >= 15 is 0 Å². The van der Waals surface area contributed by atoms with E-state index < -0.39 is 5.66 Å². The van der Waals surface area contributed by atoms with Crippen LogP contribution in [0.25, 0.3) is 0 Å². The molecule has 144 valence electrons. The monoisotopic (exact) mass is 358 g/mol. The van der Waals surface area contributed by atoms with E-state index in [0.717, 1.165) is 51.4 Å². The van der Waals surface area contributed by atoms with Gasteiger partial charge in [0.1, 0.15) is 0 Å². The number of azo groups is 2. The van der Waals surface area contributed by atoms with E-state index in [-0.39, 0.29) is 17.0 Å². The predicted octanol–water partition coefficient (Wildman–Crippen LogP) is 6.35. The second kappa shape index (κ2) is 9.76. The maximum absolute atomic E-state index is 9.63. The van der Waals surface area contributed by atoms with Crippen molar-refractivity contribution < 1.29 is 0 Å². The summed E-state index contributed by atoms with van der Waals surface area (Å²) in [5.41, 5.74) is -1.43. The molecule has 0 aromatic rings. The van der Waals surface area contributed by atoms with E-state index in [0.29, 0.717) is 6.42 Å². The minimum absolute atomic E-state index is 0.266. The fourth-order valence-corrected chi connectivity index (χ4v) is 3.01. The predicted molar refractivity (Wildman–Crippen MR) is 103 cm³/mol. The van der Waals surface area contributed by atoms with Crippen molar-refractivity contribution in [3.8, 4) is 12.1 Å². The second-order valence-corrected chi connectivity index (χ2v) is 8.91. The number of unbranched alkanes of at least 4 members (excludes halogenated alkanes) is 3. The average molecular weight is 359 g/mol. The van der Waals surface area contributed by atoms with Crippen LogP contribution in [0, 0.1) is 28.6 Å². The minimum Gasteiger partial charge on any atom is -0.198 e. The molecule has 0 aliphatic heterocycles. The molecule has 0 heterocycles. The Morgan fingerprint density at radius 1 is 0.962 bits per heavy atom. The summed E-state index contributed by atoms with van der Waals surface area (Å²) < 4.78 is 0. The van der Waals surface area contributed by atoms with Gasteiger partial charge in [0.15, 0.2) is 0 Å². The Labute approximate surface area is 158 Å². The Hall–Kier alpha value is -1.82. The first-order chi connectivity index (χ1) is 12.1. The summed E-state index contributed by atoms with van der Waals surface area (Å²) in [6, 6.07) is 4.58. The molecular formula is C20H34N6. The highest BCUT2D eigenvalue weighted by Crippen LogP contribution is 2.40. The third-order valence-electron chi connectivity index (χ3n) is 4.60. The van der Waals surface area contributed by atoms with Crippen molar-refractivity contribution in [3.05, 3.63) is 0 Å². The van der Waals surface area contributed by atoms with Crippen LogP contribution in [-0.2, 0) is 0 Å². The second-order valence-electron chi connectivity index (χ2n) is 8.91. The van der Waals surface area contributed by atoms with Gasteiger partial charge in [0.25, 0.3) is 0 Å². The summed E-state index contributed by atoms with van der Waals surface area (Å²) >= 11 is 0. The summed E-state index contributed by atoms with van der Waals surface area (Å²) in [6.45, 7) is 10.1. The zero-order chi connectivity index (χ0) is 19.7. The third kappa shape index (κ3) is 7.60. The fourth-order valence-electron chi connectivity index (χ4n) is 3.01. The smallest absolute Gasteiger partial charge is 0.198 e. The standard InChI is InChI=1S/C20H34N6/c1-18(2,3)23-25-20(14-10-8-12-17(20)16-22)26-24-19(4,5)13-9-6-7-11-15-21/h17H,6-14H2,1-5H3. The van der Waals surface area contributed by atoms with E-state index in [2.05, 4.69) is 46.4 Å². The average Bonchev–Trinajstić information content (AvgIpc) is 2.58. The molecule has 0 radical (unpaired) electrons. The van der Waals surface area contributed by atoms with Crippen LogP contribution in [0.15, 0.2) is 20.5 Å². The molecule has 6 nitrogen and oxygen atoms in total. The summed E-state index contributed by atoms with van der Waals surface area (Å²) in [6.07, 6.45) is 8.06. The van der Waals surface area contributed by atoms with Crippen molar-refractivity contribution in [2.45, 2.75) is 109 Å². The number of hydrogen-bond donors (Lipinski definition) is 0. The van der Waals surface area contributed by atoms with Gasteiger partial charge in [0, 0.05) is 6.42 Å². The molecule has 0 amide bonds. The molecule has 0 spiro atoms. The van der Waals surface area contributed by atoms with Crippen molar-refractivity contribution in [3.63, 3.8) is 0 Å². The Bertz CT molecular complexity index is 573. The first kappa shape index (κ1) is 22.2. The highest BCUT2D eigenvalue weighted by Gasteiger charge is 2.43. The molecule has 0 N–H and O–H groups in total. The van der Waals surface area contributed by atoms with E-state index in [1.165, 1.54) is 0 Å². The van der Waals surface area contributed by atoms with Crippen LogP contribution in [0.2, 0.25) is 0 Å². The minimum atomic E-state index is -0.835. The lowest BCUT2D eigenvalue weighted by Crippen LogP contribution is -2.37. The first-order valence-electron chi connectivity index (χ1n) is 9.79. The van der Waals surface area contributed by atoms with Crippen molar-refractivity contribution in [1.29, 1.82) is 10.5 Å². The third-order valence-corrected chi connectivity index (χ3v) is 4.60. The van der Waals surface area contributed by atoms with Gasteiger partial charge in [-0.05, 0) is 66.7 Å². The van der Waals surface area contributed by atoms with Crippen LogP contribution in [0.5, 0.6) is 0 Å². The van der Waals surface area contributed by atoms with E-state index in [4.69, 9.17) is 5.26 Å². The Balaban J connectivity index is 2.91. The normalized spacial score (nSPS) is 24.7. The molecule has 1 rings (SSSR count). The molecule has 2 atom stereocenters. The zero-order valence-corrected chi connectivity index (χ0v) is 17.1. The van der Waals surface area contributed by atoms with Crippen molar-refractivity contribution >= 4 is 0 Å². The maximum Gasteiger partial charge on any atom is 0.206 e. The number of nitrogens with zero attached hydrogens (tertiary/aromatic N) is 6. The quantitative estimate of drug-likeness (QED) is 0.373. The van der Waals surface area contributed by atoms with E-state index in [1.54, 1.807) is 0 Å². The largest absolute Gasteiger partial charge is 0.206 e. The lowest BCUT2D eigenvalue weighted by molar-refractivity contribution is 0.211. The molecule has 6 heteroatoms. The lowest BCUT2D eigenvalue weighted by Gasteiger charge is -2.33. The Morgan fingerprint density at radius 3 is 2.27 bits per heavy atom. The molecule has 1 aliphatic carbocycles. The van der Waals surface area contributed by atoms with Crippen LogP contribution in [-0.4, -0.2) is 16.7 Å². The van der Waals surface area contributed by atoms with E-state index in [1.807, 2.05) is 20.8 Å². The van der Waals surface area contributed by atoms with Crippen LogP contribution >= 0.6 is 0 Å². The topological polar surface area (TPSA) is 97.0 Å². The first-order valence-corrected chi connectivity index (χ1v) is 9.79. The maximum atomic E-state index is 9.63. The summed E-state index contributed by atoms with van der Waals surface area (Å²) in [7, 11) is 0. The van der Waals surface area contributed by atoms with Crippen molar-refractivity contribution in [2.75, 3.05) is 0 Å². The van der Waals surface area contributed by atoms with Gasteiger partial charge in [0.05, 0.1) is 29.1 Å². The Kier molecular flexibility index (Phi) is 8.34. The number of hydrogen-bond acceptors (Lipinski definition) is 6. The lowest BCUT2D eigenvalue weighted by atomic mass is 9.80. The summed E-state index contributed by atoms with van der Waals surface area (Å²) in [4.78, 5) is 0. The van der Waals surface area contributed by atoms with Gasteiger partial charge in [-0.1, -0.05) is 19.3 Å². The van der Waals surface area contributed by atoms with Gasteiger partial charge in [0.2, 0.25) is 5.66 Å². The molecule has 0 bridgehead atoms. The van der Waals surface area contributed by atoms with E-state index in [9.17, 15) is 5.26 Å². The Morgan fingerprint density at radius 2 is 1.65 bits per heavy atom. The van der Waals surface area contributed by atoms with Crippen LogP contribution < -0.4 is 0 Å². The van der Waals surface area contributed by atoms with Gasteiger partial charge >= 0.3 is 0 Å². The highest BCUT2D eigenvalue weighted by molar-refractivity contribution is 5.04. The van der Waals surface area contributed by atoms with Crippen LogP contribution in [0.4, 0.5) is 0 Å². The van der Waals surface area contributed by atoms with Gasteiger partial charge in [-0.15, -0.1) is 0 Å². The zero-order valence-electron chi connectivity index (χ0n) is 17.1. The fraction of sp³-hybridized carbons (Fsp3) is 0.900. The number of nitriles is 2. The summed E-state index contributed by atoms with van der Waals surface area (Å²) in [5.74, 6) is -0.266. The molecule has 0 aromatic heterocycles. The van der Waals surface area contributed by atoms with Crippen LogP contribution in [0.1, 0.15) is 92.4 Å². The van der Waals surface area contributed by atoms with Crippen molar-refractivity contribution in [1.82, 2.24) is 0 Å². The molecule has 2 unspecified atom stereocenters. The summed E-state index contributed by atoms with van der Waals surface area (Å²) in [5, 5.41) is 36.5. The highest BCUT2D eigenvalue weighted by atomic mass is 15.3. The molecule has 1 aliphatic rings.